The van der Waals surface area contributed by atoms with Crippen LogP contribution < -0.4 is 5.73 Å². The SMILES string of the molecule is CC1(C)O[C@@H]2[C@H](O1)[C@@H](OCc1ccccc1)O[C@@H]2[C@H](N)CO. The van der Waals surface area contributed by atoms with Crippen molar-refractivity contribution in [2.75, 3.05) is 6.61 Å². The number of hydrogen-bond acceptors (Lipinski definition) is 6. The quantitative estimate of drug-likeness (QED) is 0.836. The van der Waals surface area contributed by atoms with Gasteiger partial charge in [0.15, 0.2) is 12.1 Å². The van der Waals surface area contributed by atoms with Crippen molar-refractivity contribution in [2.24, 2.45) is 5.73 Å². The number of hydrogen-bond donors (Lipinski definition) is 2. The minimum absolute atomic E-state index is 0.177. The number of rotatable bonds is 5. The first kappa shape index (κ1) is 15.9. The van der Waals surface area contributed by atoms with Crippen LogP contribution in [0.15, 0.2) is 30.3 Å². The van der Waals surface area contributed by atoms with Gasteiger partial charge < -0.3 is 29.8 Å². The molecule has 22 heavy (non-hydrogen) atoms. The van der Waals surface area contributed by atoms with E-state index in [0.29, 0.717) is 6.61 Å². The minimum Gasteiger partial charge on any atom is -0.395 e. The van der Waals surface area contributed by atoms with Crippen LogP contribution >= 0.6 is 0 Å². The standard InChI is InChI=1S/C16H23NO5/c1-16(2)21-13-12(11(17)8-18)20-15(14(13)22-16)19-9-10-6-4-3-5-7-10/h3-7,11-15,18H,8-9,17H2,1-2H3/t11-,12-,13+,14+,15+/m1/s1. The molecular weight excluding hydrogens is 286 g/mol. The second-order valence-corrected chi connectivity index (χ2v) is 6.18. The van der Waals surface area contributed by atoms with Gasteiger partial charge in [-0.05, 0) is 19.4 Å². The Morgan fingerprint density at radius 3 is 2.59 bits per heavy atom. The van der Waals surface area contributed by atoms with Crippen LogP contribution in [0.25, 0.3) is 0 Å². The molecule has 3 N–H and O–H groups in total. The van der Waals surface area contributed by atoms with E-state index in [-0.39, 0.29) is 18.8 Å². The number of nitrogens with two attached hydrogens (primary N) is 1. The molecule has 0 saturated carbocycles. The van der Waals surface area contributed by atoms with E-state index in [4.69, 9.17) is 24.7 Å². The molecule has 2 saturated heterocycles. The second-order valence-electron chi connectivity index (χ2n) is 6.18. The number of aliphatic hydroxyl groups excluding tert-OH is 1. The summed E-state index contributed by atoms with van der Waals surface area (Å²) in [4.78, 5) is 0. The van der Waals surface area contributed by atoms with Crippen LogP contribution in [0.1, 0.15) is 19.4 Å². The molecule has 0 radical (unpaired) electrons. The number of benzene rings is 1. The lowest BCUT2D eigenvalue weighted by atomic mass is 10.1. The van der Waals surface area contributed by atoms with E-state index < -0.39 is 24.2 Å². The van der Waals surface area contributed by atoms with Gasteiger partial charge in [-0.15, -0.1) is 0 Å². The Morgan fingerprint density at radius 1 is 1.23 bits per heavy atom. The fourth-order valence-electron chi connectivity index (χ4n) is 2.93. The Labute approximate surface area is 130 Å². The molecule has 1 aromatic rings. The molecule has 0 bridgehead atoms. The average molecular weight is 309 g/mol. The summed E-state index contributed by atoms with van der Waals surface area (Å²) in [5.41, 5.74) is 6.98. The van der Waals surface area contributed by atoms with E-state index in [1.165, 1.54) is 0 Å². The third-order valence-electron chi connectivity index (χ3n) is 3.94. The minimum atomic E-state index is -0.707. The summed E-state index contributed by atoms with van der Waals surface area (Å²) >= 11 is 0. The van der Waals surface area contributed by atoms with Crippen molar-refractivity contribution in [1.29, 1.82) is 0 Å². The van der Waals surface area contributed by atoms with Crippen molar-refractivity contribution in [3.8, 4) is 0 Å². The first-order valence-corrected chi connectivity index (χ1v) is 7.53. The molecule has 2 aliphatic rings. The molecule has 2 heterocycles. The van der Waals surface area contributed by atoms with E-state index in [2.05, 4.69) is 0 Å². The van der Waals surface area contributed by atoms with E-state index >= 15 is 0 Å². The largest absolute Gasteiger partial charge is 0.395 e. The van der Waals surface area contributed by atoms with Crippen LogP contribution in [0.5, 0.6) is 0 Å². The summed E-state index contributed by atoms with van der Waals surface area (Å²) in [6, 6.07) is 9.31. The predicted molar refractivity (Wildman–Crippen MR) is 78.8 cm³/mol. The monoisotopic (exact) mass is 309 g/mol. The van der Waals surface area contributed by atoms with Gasteiger partial charge in [-0.1, -0.05) is 30.3 Å². The fraction of sp³-hybridized carbons (Fsp3) is 0.625. The molecule has 0 amide bonds. The highest BCUT2D eigenvalue weighted by Gasteiger charge is 2.57. The third kappa shape index (κ3) is 3.17. The number of ether oxygens (including phenoxy) is 4. The highest BCUT2D eigenvalue weighted by Crippen LogP contribution is 2.40. The second kappa shape index (κ2) is 6.23. The van der Waals surface area contributed by atoms with Gasteiger partial charge in [0.2, 0.25) is 0 Å². The Kier molecular flexibility index (Phi) is 4.49. The lowest BCUT2D eigenvalue weighted by Crippen LogP contribution is -2.45. The molecule has 2 fully saturated rings. The molecule has 5 atom stereocenters. The Bertz CT molecular complexity index is 495. The maximum Gasteiger partial charge on any atom is 0.187 e. The van der Waals surface area contributed by atoms with Gasteiger partial charge in [-0.25, -0.2) is 0 Å². The van der Waals surface area contributed by atoms with Gasteiger partial charge in [-0.2, -0.15) is 0 Å². The predicted octanol–water partition coefficient (Wildman–Crippen LogP) is 0.768. The first-order chi connectivity index (χ1) is 10.5. The zero-order chi connectivity index (χ0) is 15.7. The van der Waals surface area contributed by atoms with Crippen LogP contribution in [-0.2, 0) is 25.6 Å². The number of fused-ring (bicyclic) bond motifs is 1. The van der Waals surface area contributed by atoms with Gasteiger partial charge >= 0.3 is 0 Å². The van der Waals surface area contributed by atoms with Crippen molar-refractivity contribution in [2.45, 2.75) is 56.9 Å². The van der Waals surface area contributed by atoms with E-state index in [9.17, 15) is 5.11 Å². The Morgan fingerprint density at radius 2 is 1.91 bits per heavy atom. The molecule has 0 aromatic heterocycles. The maximum atomic E-state index is 9.30. The van der Waals surface area contributed by atoms with Crippen molar-refractivity contribution in [1.82, 2.24) is 0 Å². The van der Waals surface area contributed by atoms with Gasteiger partial charge in [0.05, 0.1) is 19.3 Å². The van der Waals surface area contributed by atoms with Crippen molar-refractivity contribution in [3.05, 3.63) is 35.9 Å². The maximum absolute atomic E-state index is 9.30. The smallest absolute Gasteiger partial charge is 0.187 e. The lowest BCUT2D eigenvalue weighted by Gasteiger charge is -2.26. The average Bonchev–Trinajstić information content (AvgIpc) is 2.99. The molecule has 6 heteroatoms. The zero-order valence-corrected chi connectivity index (χ0v) is 12.8. The molecule has 6 nitrogen and oxygen atoms in total. The van der Waals surface area contributed by atoms with Crippen LogP contribution in [0, 0.1) is 0 Å². The molecule has 0 spiro atoms. The van der Waals surface area contributed by atoms with Crippen molar-refractivity contribution in [3.63, 3.8) is 0 Å². The van der Waals surface area contributed by atoms with E-state index in [1.807, 2.05) is 44.2 Å². The summed E-state index contributed by atoms with van der Waals surface area (Å²) in [5.74, 6) is -0.707. The van der Waals surface area contributed by atoms with Crippen molar-refractivity contribution < 1.29 is 24.1 Å². The van der Waals surface area contributed by atoms with Gasteiger partial charge in [-0.3, -0.25) is 0 Å². The molecule has 0 unspecified atom stereocenters. The third-order valence-corrected chi connectivity index (χ3v) is 3.94. The zero-order valence-electron chi connectivity index (χ0n) is 12.8. The van der Waals surface area contributed by atoms with Crippen molar-refractivity contribution >= 4 is 0 Å². The molecule has 2 aliphatic heterocycles. The van der Waals surface area contributed by atoms with Crippen LogP contribution in [0.3, 0.4) is 0 Å². The summed E-state index contributed by atoms with van der Waals surface area (Å²) in [5, 5.41) is 9.30. The van der Waals surface area contributed by atoms with Gasteiger partial charge in [0, 0.05) is 0 Å². The van der Waals surface area contributed by atoms with Gasteiger partial charge in [0.1, 0.15) is 18.3 Å². The summed E-state index contributed by atoms with van der Waals surface area (Å²) < 4.78 is 23.5. The summed E-state index contributed by atoms with van der Waals surface area (Å²) in [7, 11) is 0. The lowest BCUT2D eigenvalue weighted by molar-refractivity contribution is -0.239. The van der Waals surface area contributed by atoms with E-state index in [0.717, 1.165) is 5.56 Å². The molecule has 1 aromatic carbocycles. The van der Waals surface area contributed by atoms with Crippen LogP contribution in [-0.4, -0.2) is 48.1 Å². The van der Waals surface area contributed by atoms with Gasteiger partial charge in [0.25, 0.3) is 0 Å². The first-order valence-electron chi connectivity index (χ1n) is 7.53. The summed E-state index contributed by atoms with van der Waals surface area (Å²) in [6.45, 7) is 3.94. The fourth-order valence-corrected chi connectivity index (χ4v) is 2.93. The van der Waals surface area contributed by atoms with Crippen LogP contribution in [0.4, 0.5) is 0 Å². The molecule has 3 rings (SSSR count). The highest BCUT2D eigenvalue weighted by molar-refractivity contribution is 5.13. The molecule has 0 aliphatic carbocycles. The molecule has 122 valence electrons. The Hall–Kier alpha value is -1.02. The van der Waals surface area contributed by atoms with Crippen LogP contribution in [0.2, 0.25) is 0 Å². The highest BCUT2D eigenvalue weighted by atomic mass is 16.8. The normalized spacial score (nSPS) is 34.5. The topological polar surface area (TPSA) is 83.2 Å². The Balaban J connectivity index is 1.69. The van der Waals surface area contributed by atoms with E-state index in [1.54, 1.807) is 0 Å². The number of aliphatic hydroxyl groups is 1. The molecular formula is C16H23NO5. The summed E-state index contributed by atoms with van der Waals surface area (Å²) in [6.07, 6.45) is -1.69.